The van der Waals surface area contributed by atoms with Crippen molar-refractivity contribution in [3.8, 4) is 0 Å². The molecular weight excluding hydrogens is 326 g/mol. The summed E-state index contributed by atoms with van der Waals surface area (Å²) in [4.78, 5) is 23.2. The van der Waals surface area contributed by atoms with E-state index in [0.717, 1.165) is 6.42 Å². The summed E-state index contributed by atoms with van der Waals surface area (Å²) in [6.45, 7) is 2.58. The van der Waals surface area contributed by atoms with E-state index in [4.69, 9.17) is 9.84 Å². The van der Waals surface area contributed by atoms with E-state index in [9.17, 15) is 9.59 Å². The fourth-order valence-electron chi connectivity index (χ4n) is 2.37. The molecule has 0 saturated carbocycles. The number of carbonyl (C=O) groups excluding carboxylic acids is 1. The fraction of sp³-hybridized carbons (Fsp3) is 0.429. The first kappa shape index (κ1) is 15.0. The zero-order chi connectivity index (χ0) is 14.7. The standard InChI is InChI=1S/C14H16BrNO4/c1-2-12-11(3-4-20-12)13(17)16-10-6-8(14(18)19)5-9(15)7-10/h5-7,11-12H,2-4H2,1H3,(H,16,17)(H,18,19). The van der Waals surface area contributed by atoms with Crippen molar-refractivity contribution in [3.63, 3.8) is 0 Å². The highest BCUT2D eigenvalue weighted by atomic mass is 79.9. The number of carbonyl (C=O) groups is 2. The van der Waals surface area contributed by atoms with Gasteiger partial charge in [-0.05, 0) is 31.0 Å². The first-order chi connectivity index (χ1) is 9.51. The summed E-state index contributed by atoms with van der Waals surface area (Å²) in [5, 5.41) is 11.8. The molecule has 1 aliphatic heterocycles. The lowest BCUT2D eigenvalue weighted by Crippen LogP contribution is -2.29. The van der Waals surface area contributed by atoms with Crippen molar-refractivity contribution in [2.75, 3.05) is 11.9 Å². The zero-order valence-electron chi connectivity index (χ0n) is 11.1. The molecule has 20 heavy (non-hydrogen) atoms. The molecule has 6 heteroatoms. The van der Waals surface area contributed by atoms with Crippen LogP contribution in [0.4, 0.5) is 5.69 Å². The van der Waals surface area contributed by atoms with Gasteiger partial charge in [-0.2, -0.15) is 0 Å². The molecule has 0 aliphatic carbocycles. The molecule has 1 fully saturated rings. The molecule has 0 aromatic heterocycles. The quantitative estimate of drug-likeness (QED) is 0.882. The zero-order valence-corrected chi connectivity index (χ0v) is 12.6. The van der Waals surface area contributed by atoms with E-state index in [-0.39, 0.29) is 23.5 Å². The van der Waals surface area contributed by atoms with Crippen LogP contribution >= 0.6 is 15.9 Å². The number of carboxylic acid groups (broad SMARTS) is 1. The van der Waals surface area contributed by atoms with Gasteiger partial charge in [0.2, 0.25) is 5.91 Å². The smallest absolute Gasteiger partial charge is 0.335 e. The minimum Gasteiger partial charge on any atom is -0.478 e. The van der Waals surface area contributed by atoms with Gasteiger partial charge >= 0.3 is 5.97 Å². The SMILES string of the molecule is CCC1OCCC1C(=O)Nc1cc(Br)cc(C(=O)O)c1. The number of benzene rings is 1. The van der Waals surface area contributed by atoms with Crippen LogP contribution in [0.25, 0.3) is 0 Å². The molecular formula is C14H16BrNO4. The maximum atomic E-state index is 12.2. The summed E-state index contributed by atoms with van der Waals surface area (Å²) < 4.78 is 6.11. The fourth-order valence-corrected chi connectivity index (χ4v) is 2.86. The van der Waals surface area contributed by atoms with Crippen molar-refractivity contribution in [2.24, 2.45) is 5.92 Å². The van der Waals surface area contributed by atoms with Crippen LogP contribution in [0.1, 0.15) is 30.1 Å². The van der Waals surface area contributed by atoms with Crippen molar-refractivity contribution in [1.29, 1.82) is 0 Å². The molecule has 0 spiro atoms. The summed E-state index contributed by atoms with van der Waals surface area (Å²) in [6.07, 6.45) is 1.43. The lowest BCUT2D eigenvalue weighted by atomic mass is 9.98. The van der Waals surface area contributed by atoms with Crippen LogP contribution in [-0.4, -0.2) is 29.7 Å². The summed E-state index contributed by atoms with van der Waals surface area (Å²) in [5.41, 5.74) is 0.605. The second kappa shape index (κ2) is 6.37. The molecule has 2 rings (SSSR count). The average molecular weight is 342 g/mol. The Balaban J connectivity index is 2.13. The largest absolute Gasteiger partial charge is 0.478 e. The molecule has 2 atom stereocenters. The predicted octanol–water partition coefficient (Wildman–Crippen LogP) is 2.90. The number of amides is 1. The Kier molecular flexibility index (Phi) is 4.77. The topological polar surface area (TPSA) is 75.6 Å². The van der Waals surface area contributed by atoms with Crippen LogP contribution in [0.2, 0.25) is 0 Å². The molecule has 1 saturated heterocycles. The van der Waals surface area contributed by atoms with Gasteiger partial charge in [0.15, 0.2) is 0 Å². The molecule has 1 aromatic carbocycles. The number of aromatic carboxylic acids is 1. The number of rotatable bonds is 4. The van der Waals surface area contributed by atoms with Crippen LogP contribution in [0.3, 0.4) is 0 Å². The molecule has 1 heterocycles. The molecule has 1 aliphatic rings. The molecule has 0 bridgehead atoms. The van der Waals surface area contributed by atoms with Crippen LogP contribution < -0.4 is 5.32 Å². The Morgan fingerprint density at radius 1 is 1.45 bits per heavy atom. The Bertz CT molecular complexity index is 532. The first-order valence-corrected chi connectivity index (χ1v) is 7.27. The van der Waals surface area contributed by atoms with Gasteiger partial charge in [-0.3, -0.25) is 4.79 Å². The average Bonchev–Trinajstić information content (AvgIpc) is 2.86. The summed E-state index contributed by atoms with van der Waals surface area (Å²) >= 11 is 3.24. The third-order valence-electron chi connectivity index (χ3n) is 3.36. The van der Waals surface area contributed by atoms with Gasteiger partial charge in [-0.1, -0.05) is 22.9 Å². The highest BCUT2D eigenvalue weighted by Gasteiger charge is 2.32. The number of halogens is 1. The minimum absolute atomic E-state index is 0.0545. The Morgan fingerprint density at radius 3 is 2.85 bits per heavy atom. The number of ether oxygens (including phenoxy) is 1. The number of nitrogens with one attached hydrogen (secondary N) is 1. The van der Waals surface area contributed by atoms with E-state index in [1.54, 1.807) is 6.07 Å². The number of hydrogen-bond donors (Lipinski definition) is 2. The van der Waals surface area contributed by atoms with Crippen LogP contribution in [0.15, 0.2) is 22.7 Å². The summed E-state index contributed by atoms with van der Waals surface area (Å²) in [5.74, 6) is -1.33. The minimum atomic E-state index is -1.03. The molecule has 2 unspecified atom stereocenters. The molecule has 1 aromatic rings. The van der Waals surface area contributed by atoms with E-state index in [0.29, 0.717) is 23.2 Å². The predicted molar refractivity (Wildman–Crippen MR) is 77.9 cm³/mol. The molecule has 108 valence electrons. The van der Waals surface area contributed by atoms with Gasteiger partial charge in [0.1, 0.15) is 0 Å². The van der Waals surface area contributed by atoms with Crippen molar-refractivity contribution in [3.05, 3.63) is 28.2 Å². The van der Waals surface area contributed by atoms with Crippen LogP contribution in [0, 0.1) is 5.92 Å². The third-order valence-corrected chi connectivity index (χ3v) is 3.82. The second-order valence-corrected chi connectivity index (χ2v) is 5.65. The van der Waals surface area contributed by atoms with Crippen molar-refractivity contribution >= 4 is 33.5 Å². The normalized spacial score (nSPS) is 21.7. The monoisotopic (exact) mass is 341 g/mol. The van der Waals surface area contributed by atoms with Gasteiger partial charge in [0, 0.05) is 16.8 Å². The highest BCUT2D eigenvalue weighted by molar-refractivity contribution is 9.10. The first-order valence-electron chi connectivity index (χ1n) is 6.47. The Hall–Kier alpha value is -1.40. The lowest BCUT2D eigenvalue weighted by molar-refractivity contribution is -0.121. The van der Waals surface area contributed by atoms with E-state index < -0.39 is 5.97 Å². The van der Waals surface area contributed by atoms with Crippen LogP contribution in [0.5, 0.6) is 0 Å². The summed E-state index contributed by atoms with van der Waals surface area (Å²) in [6, 6.07) is 4.62. The maximum Gasteiger partial charge on any atom is 0.335 e. The second-order valence-electron chi connectivity index (χ2n) is 4.74. The van der Waals surface area contributed by atoms with E-state index >= 15 is 0 Å². The number of carboxylic acids is 1. The van der Waals surface area contributed by atoms with E-state index in [2.05, 4.69) is 21.2 Å². The molecule has 5 nitrogen and oxygen atoms in total. The summed E-state index contributed by atoms with van der Waals surface area (Å²) in [7, 11) is 0. The Labute approximate surface area is 125 Å². The van der Waals surface area contributed by atoms with Gasteiger partial charge in [-0.15, -0.1) is 0 Å². The molecule has 1 amide bonds. The van der Waals surface area contributed by atoms with Crippen LogP contribution in [-0.2, 0) is 9.53 Å². The number of anilines is 1. The third kappa shape index (κ3) is 3.37. The highest BCUT2D eigenvalue weighted by Crippen LogP contribution is 2.26. The van der Waals surface area contributed by atoms with Gasteiger partial charge in [0.25, 0.3) is 0 Å². The number of hydrogen-bond acceptors (Lipinski definition) is 3. The van der Waals surface area contributed by atoms with E-state index in [1.807, 2.05) is 6.92 Å². The van der Waals surface area contributed by atoms with Gasteiger partial charge < -0.3 is 15.2 Å². The molecule has 0 radical (unpaired) electrons. The Morgan fingerprint density at radius 2 is 2.20 bits per heavy atom. The van der Waals surface area contributed by atoms with Gasteiger partial charge in [-0.25, -0.2) is 4.79 Å². The van der Waals surface area contributed by atoms with Crippen molar-refractivity contribution < 1.29 is 19.4 Å². The van der Waals surface area contributed by atoms with Gasteiger partial charge in [0.05, 0.1) is 17.6 Å². The lowest BCUT2D eigenvalue weighted by Gasteiger charge is -2.16. The van der Waals surface area contributed by atoms with Crippen molar-refractivity contribution in [1.82, 2.24) is 0 Å². The molecule has 2 N–H and O–H groups in total. The maximum absolute atomic E-state index is 12.2. The van der Waals surface area contributed by atoms with E-state index in [1.165, 1.54) is 12.1 Å². The van der Waals surface area contributed by atoms with Crippen molar-refractivity contribution in [2.45, 2.75) is 25.9 Å².